The van der Waals surface area contributed by atoms with Crippen molar-refractivity contribution in [3.63, 3.8) is 0 Å². The molecule has 1 heterocycles. The number of pyridine rings is 1. The van der Waals surface area contributed by atoms with Crippen molar-refractivity contribution in [1.29, 1.82) is 0 Å². The smallest absolute Gasteiger partial charge is 0.491 e. The molecule has 9 heteroatoms. The van der Waals surface area contributed by atoms with Crippen molar-refractivity contribution < 1.29 is 27.2 Å². The molecule has 2 aromatic rings. The van der Waals surface area contributed by atoms with Crippen LogP contribution in [0.3, 0.4) is 0 Å². The molecular weight excluding hydrogens is 314 g/mol. The Morgan fingerprint density at radius 3 is 2.57 bits per heavy atom. The molecule has 0 aliphatic rings. The number of halogens is 3. The summed E-state index contributed by atoms with van der Waals surface area (Å²) < 4.78 is 48.6. The topological polar surface area (TPSA) is 57.5 Å². The Kier molecular flexibility index (Phi) is 4.97. The van der Waals surface area contributed by atoms with Gasteiger partial charge in [0.05, 0.1) is 12.1 Å². The largest absolute Gasteiger partial charge is 0.798 e. The molecule has 5 nitrogen and oxygen atoms in total. The first-order valence-electron chi connectivity index (χ1n) is 6.87. The minimum absolute atomic E-state index is 0.0375. The molecule has 0 aliphatic heterocycles. The maximum Gasteiger partial charge on any atom is 0.798 e. The average Bonchev–Trinajstić information content (AvgIpc) is 2.48. The maximum absolute atomic E-state index is 14.0. The van der Waals surface area contributed by atoms with E-state index in [2.05, 4.69) is 4.65 Å². The second-order valence-corrected chi connectivity index (χ2v) is 4.56. The number of ether oxygens (including phenoxy) is 1. The Hall–Kier alpha value is -2.45. The lowest BCUT2D eigenvalue weighted by Crippen LogP contribution is -2.23. The number of aryl methyl sites for hydroxylation is 1. The van der Waals surface area contributed by atoms with E-state index in [1.165, 1.54) is 10.6 Å². The molecule has 0 spiro atoms. The highest BCUT2D eigenvalue weighted by Gasteiger charge is 2.26. The number of aromatic nitrogens is 1. The Bertz CT molecular complexity index is 807. The number of rotatable bonds is 5. The third kappa shape index (κ3) is 3.33. The van der Waals surface area contributed by atoms with Crippen molar-refractivity contribution in [2.24, 2.45) is 0 Å². The second kappa shape index (κ2) is 6.76. The lowest BCUT2D eigenvalue weighted by atomic mass is 10.1. The summed E-state index contributed by atoms with van der Waals surface area (Å²) in [5.41, 5.74) is -1.13. The minimum Gasteiger partial charge on any atom is -0.491 e. The molecule has 0 saturated carbocycles. The van der Waals surface area contributed by atoms with Crippen LogP contribution in [0.5, 0.6) is 5.75 Å². The van der Waals surface area contributed by atoms with Crippen LogP contribution in [-0.2, 0) is 11.2 Å². The first-order chi connectivity index (χ1) is 10.9. The van der Waals surface area contributed by atoms with Crippen LogP contribution in [0.2, 0.25) is 0 Å². The molecule has 0 bridgehead atoms. The highest BCUT2D eigenvalue weighted by atomic mass is 19.2. The van der Waals surface area contributed by atoms with Gasteiger partial charge in [0.1, 0.15) is 5.56 Å². The van der Waals surface area contributed by atoms with Gasteiger partial charge >= 0.3 is 13.4 Å². The van der Waals surface area contributed by atoms with Gasteiger partial charge < -0.3 is 14.0 Å². The second-order valence-electron chi connectivity index (χ2n) is 4.56. The molecule has 1 aromatic carbocycles. The van der Waals surface area contributed by atoms with Crippen LogP contribution in [0.4, 0.5) is 13.0 Å². The number of fused-ring (bicyclic) bond motifs is 1. The molecule has 0 amide bonds. The lowest BCUT2D eigenvalue weighted by molar-refractivity contribution is 0.0693. The molecule has 0 unspecified atom stereocenters. The fourth-order valence-electron chi connectivity index (χ4n) is 2.21. The number of hydrogen-bond acceptors (Lipinski definition) is 4. The molecule has 0 aliphatic carbocycles. The first kappa shape index (κ1) is 16.9. The van der Waals surface area contributed by atoms with Crippen LogP contribution in [0.1, 0.15) is 24.2 Å². The third-order valence-corrected chi connectivity index (χ3v) is 3.19. The van der Waals surface area contributed by atoms with Gasteiger partial charge in [-0.25, -0.2) is 17.8 Å². The molecule has 0 N–H and O–H groups in total. The molecule has 0 fully saturated rings. The predicted molar refractivity (Wildman–Crippen MR) is 78.4 cm³/mol. The highest BCUT2D eigenvalue weighted by molar-refractivity contribution is 6.38. The van der Waals surface area contributed by atoms with Crippen LogP contribution in [0.25, 0.3) is 10.9 Å². The first-order valence-corrected chi connectivity index (χ1v) is 6.87. The Morgan fingerprint density at radius 2 is 2.00 bits per heavy atom. The third-order valence-electron chi connectivity index (χ3n) is 3.19. The molecule has 0 atom stereocenters. The van der Waals surface area contributed by atoms with E-state index in [9.17, 15) is 22.6 Å². The Morgan fingerprint density at radius 1 is 1.30 bits per heavy atom. The molecule has 23 heavy (non-hydrogen) atoms. The fourth-order valence-corrected chi connectivity index (χ4v) is 2.21. The van der Waals surface area contributed by atoms with Gasteiger partial charge in [-0.1, -0.05) is 0 Å². The molecule has 1 aromatic heterocycles. The number of carbonyl (C=O) groups excluding carboxylic acids is 1. The maximum atomic E-state index is 14.0. The molecule has 0 saturated heterocycles. The van der Waals surface area contributed by atoms with Gasteiger partial charge in [0, 0.05) is 24.2 Å². The summed E-state index contributed by atoms with van der Waals surface area (Å²) in [4.78, 5) is 23.9. The van der Waals surface area contributed by atoms with Gasteiger partial charge in [0.2, 0.25) is 5.43 Å². The Labute approximate surface area is 129 Å². The number of nitrogens with zero attached hydrogens (tertiary/aromatic N) is 1. The highest BCUT2D eigenvalue weighted by Crippen LogP contribution is 2.24. The summed E-state index contributed by atoms with van der Waals surface area (Å²) in [6.45, 7) is 3.95. The quantitative estimate of drug-likeness (QED) is 0.792. The monoisotopic (exact) mass is 327 g/mol. The molecular formula is C14H13BF3NO4. The zero-order valence-electron chi connectivity index (χ0n) is 12.4. The normalized spacial score (nSPS) is 10.7. The van der Waals surface area contributed by atoms with Crippen molar-refractivity contribution in [2.45, 2.75) is 20.4 Å². The van der Waals surface area contributed by atoms with Gasteiger partial charge in [-0.15, -0.1) is 0 Å². The van der Waals surface area contributed by atoms with E-state index in [0.29, 0.717) is 12.1 Å². The van der Waals surface area contributed by atoms with Crippen molar-refractivity contribution in [2.75, 3.05) is 6.61 Å². The van der Waals surface area contributed by atoms with Crippen molar-refractivity contribution in [1.82, 2.24) is 4.57 Å². The SMILES string of the molecule is CCOc1cc2c(cc1F)c(=O)c(C(=O)OB(F)F)cn2CC. The van der Waals surface area contributed by atoms with E-state index in [1.54, 1.807) is 13.8 Å². The van der Waals surface area contributed by atoms with E-state index in [4.69, 9.17) is 4.74 Å². The fraction of sp³-hybridized carbons (Fsp3) is 0.286. The van der Waals surface area contributed by atoms with E-state index in [0.717, 1.165) is 12.3 Å². The van der Waals surface area contributed by atoms with Crippen LogP contribution < -0.4 is 10.2 Å². The van der Waals surface area contributed by atoms with Crippen molar-refractivity contribution in [3.05, 3.63) is 39.9 Å². The molecule has 2 rings (SSSR count). The summed E-state index contributed by atoms with van der Waals surface area (Å²) in [6.07, 6.45) is 1.11. The number of benzene rings is 1. The van der Waals surface area contributed by atoms with E-state index < -0.39 is 30.2 Å². The predicted octanol–water partition coefficient (Wildman–Crippen LogP) is 2.64. The van der Waals surface area contributed by atoms with Gasteiger partial charge in [-0.05, 0) is 19.9 Å². The van der Waals surface area contributed by atoms with Crippen molar-refractivity contribution >= 4 is 24.3 Å². The lowest BCUT2D eigenvalue weighted by Gasteiger charge is -2.13. The van der Waals surface area contributed by atoms with E-state index >= 15 is 0 Å². The van der Waals surface area contributed by atoms with Gasteiger partial charge in [-0.2, -0.15) is 0 Å². The summed E-state index contributed by atoms with van der Waals surface area (Å²) in [5.74, 6) is -2.27. The average molecular weight is 327 g/mol. The number of hydrogen-bond donors (Lipinski definition) is 0. The van der Waals surface area contributed by atoms with E-state index in [-0.39, 0.29) is 17.7 Å². The summed E-state index contributed by atoms with van der Waals surface area (Å²) in [6, 6.07) is 2.26. The molecule has 0 radical (unpaired) electrons. The summed E-state index contributed by atoms with van der Waals surface area (Å²) >= 11 is 0. The Balaban J connectivity index is 2.71. The van der Waals surface area contributed by atoms with Crippen LogP contribution in [0.15, 0.2) is 23.1 Å². The van der Waals surface area contributed by atoms with Gasteiger partial charge in [0.25, 0.3) is 0 Å². The minimum atomic E-state index is -3.34. The number of carbonyl (C=O) groups is 1. The van der Waals surface area contributed by atoms with Crippen LogP contribution in [-0.4, -0.2) is 24.6 Å². The van der Waals surface area contributed by atoms with E-state index in [1.807, 2.05) is 0 Å². The van der Waals surface area contributed by atoms with Crippen LogP contribution in [0, 0.1) is 5.82 Å². The zero-order valence-corrected chi connectivity index (χ0v) is 12.4. The van der Waals surface area contributed by atoms with Crippen LogP contribution >= 0.6 is 0 Å². The van der Waals surface area contributed by atoms with Crippen molar-refractivity contribution in [3.8, 4) is 5.75 Å². The summed E-state index contributed by atoms with van der Waals surface area (Å²) in [7, 11) is -3.34. The standard InChI is InChI=1S/C14H13BF3NO4/c1-3-19-7-9(14(21)23-15(17)18)13(20)8-5-10(16)12(22-4-2)6-11(8)19/h5-7H,3-4H2,1-2H3. The zero-order chi connectivity index (χ0) is 17.1. The summed E-state index contributed by atoms with van der Waals surface area (Å²) in [5, 5.41) is -0.114. The van der Waals surface area contributed by atoms with Gasteiger partial charge in [0.15, 0.2) is 11.6 Å². The molecule has 122 valence electrons. The van der Waals surface area contributed by atoms with Gasteiger partial charge in [-0.3, -0.25) is 4.79 Å².